The highest BCUT2D eigenvalue weighted by Crippen LogP contribution is 2.38. The lowest BCUT2D eigenvalue weighted by molar-refractivity contribution is 0.102. The topological polar surface area (TPSA) is 80.7 Å². The molecule has 3 aromatic rings. The Bertz CT molecular complexity index is 882. The van der Waals surface area contributed by atoms with Gasteiger partial charge in [0.25, 0.3) is 5.91 Å². The Kier molecular flexibility index (Phi) is 5.30. The second-order valence-corrected chi connectivity index (χ2v) is 7.58. The van der Waals surface area contributed by atoms with Crippen molar-refractivity contribution in [2.24, 2.45) is 0 Å². The molecule has 0 aliphatic rings. The third-order valence-corrected chi connectivity index (χ3v) is 5.64. The lowest BCUT2D eigenvalue weighted by Gasteiger charge is -2.02. The van der Waals surface area contributed by atoms with Crippen LogP contribution < -0.4 is 5.32 Å². The zero-order valence-corrected chi connectivity index (χ0v) is 15.3. The van der Waals surface area contributed by atoms with Crippen LogP contribution in [0.1, 0.15) is 15.5 Å². The van der Waals surface area contributed by atoms with Crippen LogP contribution in [0.15, 0.2) is 39.8 Å². The molecular formula is C14H9Cl2N5OS2. The Morgan fingerprint density at radius 2 is 1.96 bits per heavy atom. The summed E-state index contributed by atoms with van der Waals surface area (Å²) in [5.74, 6) is 0.0917. The molecule has 0 spiro atoms. The second-order valence-electron chi connectivity index (χ2n) is 4.53. The van der Waals surface area contributed by atoms with Crippen molar-refractivity contribution in [2.45, 2.75) is 16.2 Å². The first kappa shape index (κ1) is 17.1. The molecule has 122 valence electrons. The van der Waals surface area contributed by atoms with Crippen molar-refractivity contribution in [2.75, 3.05) is 5.32 Å². The summed E-state index contributed by atoms with van der Waals surface area (Å²) in [7, 11) is 0. The molecule has 10 heteroatoms. The van der Waals surface area contributed by atoms with E-state index >= 15 is 0 Å². The summed E-state index contributed by atoms with van der Waals surface area (Å²) in [5.41, 5.74) is 0.809. The van der Waals surface area contributed by atoms with Gasteiger partial charge in [0.15, 0.2) is 4.34 Å². The number of amides is 1. The third kappa shape index (κ3) is 4.02. The molecule has 0 bridgehead atoms. The molecule has 6 nitrogen and oxygen atoms in total. The number of rotatable bonds is 4. The van der Waals surface area contributed by atoms with Gasteiger partial charge < -0.3 is 5.32 Å². The molecule has 3 aromatic heterocycles. The first-order valence-corrected chi connectivity index (χ1v) is 8.97. The first-order chi connectivity index (χ1) is 11.5. The summed E-state index contributed by atoms with van der Waals surface area (Å²) < 4.78 is 0.548. The van der Waals surface area contributed by atoms with E-state index in [-0.39, 0.29) is 10.9 Å². The predicted molar refractivity (Wildman–Crippen MR) is 95.2 cm³/mol. The summed E-state index contributed by atoms with van der Waals surface area (Å²) in [6.45, 7) is 1.84. The van der Waals surface area contributed by atoms with Crippen LogP contribution >= 0.6 is 46.3 Å². The van der Waals surface area contributed by atoms with Gasteiger partial charge in [0, 0.05) is 18.1 Å². The summed E-state index contributed by atoms with van der Waals surface area (Å²) in [6.07, 6.45) is 2.99. The van der Waals surface area contributed by atoms with Gasteiger partial charge in [0.1, 0.15) is 5.82 Å². The molecule has 0 saturated heterocycles. The summed E-state index contributed by atoms with van der Waals surface area (Å²) >= 11 is 14.5. The van der Waals surface area contributed by atoms with Crippen molar-refractivity contribution in [1.29, 1.82) is 0 Å². The molecule has 0 unspecified atom stereocenters. The number of hydrogen-bond acceptors (Lipinski definition) is 7. The van der Waals surface area contributed by atoms with E-state index in [0.29, 0.717) is 25.1 Å². The van der Waals surface area contributed by atoms with E-state index in [2.05, 4.69) is 25.5 Å². The van der Waals surface area contributed by atoms with Gasteiger partial charge in [-0.05, 0) is 19.1 Å². The molecular weight excluding hydrogens is 389 g/mol. The number of hydrogen-bond donors (Lipinski definition) is 1. The Labute approximate surface area is 155 Å². The van der Waals surface area contributed by atoms with E-state index in [4.69, 9.17) is 23.2 Å². The van der Waals surface area contributed by atoms with Crippen molar-refractivity contribution >= 4 is 58.0 Å². The van der Waals surface area contributed by atoms with Gasteiger partial charge in [-0.15, -0.1) is 10.2 Å². The highest BCUT2D eigenvalue weighted by atomic mass is 35.5. The van der Waals surface area contributed by atoms with E-state index in [9.17, 15) is 4.79 Å². The van der Waals surface area contributed by atoms with Gasteiger partial charge >= 0.3 is 0 Å². The lowest BCUT2D eigenvalue weighted by Crippen LogP contribution is -2.12. The zero-order valence-electron chi connectivity index (χ0n) is 12.2. The van der Waals surface area contributed by atoms with Crippen molar-refractivity contribution in [3.05, 3.63) is 51.3 Å². The largest absolute Gasteiger partial charge is 0.304 e. The van der Waals surface area contributed by atoms with Crippen molar-refractivity contribution in [3.63, 3.8) is 0 Å². The van der Waals surface area contributed by atoms with Gasteiger partial charge in [-0.1, -0.05) is 52.4 Å². The molecule has 0 fully saturated rings. The number of pyridine rings is 2. The molecule has 0 radical (unpaired) electrons. The van der Waals surface area contributed by atoms with Gasteiger partial charge in [-0.3, -0.25) is 9.78 Å². The van der Waals surface area contributed by atoms with Gasteiger partial charge in [-0.25, -0.2) is 4.98 Å². The van der Waals surface area contributed by atoms with Crippen LogP contribution in [0.5, 0.6) is 0 Å². The maximum Gasteiger partial charge on any atom is 0.287 e. The van der Waals surface area contributed by atoms with E-state index in [1.807, 2.05) is 19.1 Å². The smallest absolute Gasteiger partial charge is 0.287 e. The van der Waals surface area contributed by atoms with Crippen LogP contribution in [0.2, 0.25) is 10.0 Å². The Balaban J connectivity index is 1.74. The van der Waals surface area contributed by atoms with Crippen LogP contribution in [0, 0.1) is 6.92 Å². The molecule has 0 aliphatic heterocycles. The minimum Gasteiger partial charge on any atom is -0.304 e. The van der Waals surface area contributed by atoms with Gasteiger partial charge in [0.05, 0.1) is 14.9 Å². The second kappa shape index (κ2) is 7.43. The number of carbonyl (C=O) groups excluding carboxylic acids is 1. The predicted octanol–water partition coefficient (Wildman–Crippen LogP) is 4.35. The Hall–Kier alpha value is -1.74. The minimum absolute atomic E-state index is 0.224. The molecule has 3 rings (SSSR count). The quantitative estimate of drug-likeness (QED) is 0.704. The normalized spacial score (nSPS) is 10.6. The summed E-state index contributed by atoms with van der Waals surface area (Å²) in [6, 6.07) is 5.36. The third-order valence-electron chi connectivity index (χ3n) is 2.73. The average Bonchev–Trinajstić information content (AvgIpc) is 3.00. The van der Waals surface area contributed by atoms with Gasteiger partial charge in [-0.2, -0.15) is 0 Å². The van der Waals surface area contributed by atoms with Crippen LogP contribution in [0.4, 0.5) is 5.82 Å². The highest BCUT2D eigenvalue weighted by molar-refractivity contribution is 8.01. The van der Waals surface area contributed by atoms with Crippen molar-refractivity contribution < 1.29 is 4.79 Å². The van der Waals surface area contributed by atoms with E-state index in [1.165, 1.54) is 24.2 Å². The van der Waals surface area contributed by atoms with E-state index in [1.54, 1.807) is 6.07 Å². The van der Waals surface area contributed by atoms with E-state index < -0.39 is 0 Å². The van der Waals surface area contributed by atoms with Crippen molar-refractivity contribution in [1.82, 2.24) is 20.2 Å². The monoisotopic (exact) mass is 397 g/mol. The maximum atomic E-state index is 12.2. The Morgan fingerprint density at radius 1 is 1.21 bits per heavy atom. The molecule has 0 aliphatic carbocycles. The van der Waals surface area contributed by atoms with E-state index in [0.717, 1.165) is 17.0 Å². The summed E-state index contributed by atoms with van der Waals surface area (Å²) in [5, 5.41) is 11.6. The SMILES string of the molecule is Cc1cccc(NC(=O)c2nnc(Sc3c(Cl)cncc3Cl)s2)n1. The summed E-state index contributed by atoms with van der Waals surface area (Å²) in [4.78, 5) is 20.9. The molecule has 0 saturated carbocycles. The van der Waals surface area contributed by atoms with Gasteiger partial charge in [0.2, 0.25) is 5.01 Å². The fourth-order valence-electron chi connectivity index (χ4n) is 1.71. The lowest BCUT2D eigenvalue weighted by atomic mass is 10.4. The molecule has 24 heavy (non-hydrogen) atoms. The fourth-order valence-corrected chi connectivity index (χ4v) is 3.99. The highest BCUT2D eigenvalue weighted by Gasteiger charge is 2.16. The van der Waals surface area contributed by atoms with Crippen LogP contribution in [-0.4, -0.2) is 26.1 Å². The zero-order chi connectivity index (χ0) is 17.1. The van der Waals surface area contributed by atoms with Crippen molar-refractivity contribution in [3.8, 4) is 0 Å². The Morgan fingerprint density at radius 3 is 2.67 bits per heavy atom. The molecule has 3 heterocycles. The number of halogens is 2. The number of anilines is 1. The first-order valence-electron chi connectivity index (χ1n) is 6.58. The molecule has 1 N–H and O–H groups in total. The number of nitrogens with zero attached hydrogens (tertiary/aromatic N) is 4. The number of aromatic nitrogens is 4. The molecule has 1 amide bonds. The average molecular weight is 398 g/mol. The number of carbonyl (C=O) groups is 1. The fraction of sp³-hybridized carbons (Fsp3) is 0.0714. The number of aryl methyl sites for hydroxylation is 1. The van der Waals surface area contributed by atoms with Crippen LogP contribution in [0.3, 0.4) is 0 Å². The minimum atomic E-state index is -0.371. The molecule has 0 aromatic carbocycles. The maximum absolute atomic E-state index is 12.2. The van der Waals surface area contributed by atoms with Crippen LogP contribution in [-0.2, 0) is 0 Å². The standard InChI is InChI=1S/C14H9Cl2N5OS2/c1-7-3-2-4-10(18-7)19-12(22)13-20-21-14(24-13)23-11-8(15)5-17-6-9(11)16/h2-6H,1H3,(H,18,19,22). The molecule has 0 atom stereocenters. The number of nitrogens with one attached hydrogen (secondary N) is 1. The van der Waals surface area contributed by atoms with Crippen LogP contribution in [0.25, 0.3) is 0 Å².